The number of hydrogen-bond acceptors (Lipinski definition) is 2. The fourth-order valence-corrected chi connectivity index (χ4v) is 4.09. The van der Waals surface area contributed by atoms with Crippen molar-refractivity contribution in [3.63, 3.8) is 0 Å². The Morgan fingerprint density at radius 2 is 1.67 bits per heavy atom. The van der Waals surface area contributed by atoms with Gasteiger partial charge in [-0.1, -0.05) is 12.8 Å². The molecule has 2 N–H and O–H groups in total. The van der Waals surface area contributed by atoms with Gasteiger partial charge in [-0.3, -0.25) is 4.79 Å². The van der Waals surface area contributed by atoms with E-state index in [-0.39, 0.29) is 12.4 Å². The lowest BCUT2D eigenvalue weighted by molar-refractivity contribution is -0.136. The molecule has 18 heavy (non-hydrogen) atoms. The van der Waals surface area contributed by atoms with Gasteiger partial charge in [0.05, 0.1) is 0 Å². The Bertz CT molecular complexity index is 298. The van der Waals surface area contributed by atoms with Crippen LogP contribution in [0.4, 0.5) is 0 Å². The Hall–Kier alpha value is -0.280. The molecule has 3 atom stereocenters. The van der Waals surface area contributed by atoms with Crippen LogP contribution in [0.3, 0.4) is 0 Å². The van der Waals surface area contributed by atoms with E-state index < -0.39 is 0 Å². The predicted molar refractivity (Wildman–Crippen MR) is 74.6 cm³/mol. The number of piperidine rings is 1. The first-order chi connectivity index (χ1) is 8.33. The molecule has 1 heterocycles. The molecule has 4 heteroatoms. The molecule has 0 aromatic heterocycles. The number of nitrogens with two attached hydrogens (primary N) is 1. The van der Waals surface area contributed by atoms with E-state index in [1.807, 2.05) is 0 Å². The normalized spacial score (nSPS) is 38.6. The molecule has 1 aliphatic heterocycles. The van der Waals surface area contributed by atoms with Gasteiger partial charge in [0.2, 0.25) is 5.91 Å². The zero-order chi connectivity index (χ0) is 11.8. The molecular formula is C14H25ClN2O. The van der Waals surface area contributed by atoms with Crippen molar-refractivity contribution in [2.45, 2.75) is 51.0 Å². The van der Waals surface area contributed by atoms with Gasteiger partial charge in [0, 0.05) is 25.0 Å². The zero-order valence-corrected chi connectivity index (χ0v) is 11.8. The van der Waals surface area contributed by atoms with E-state index in [1.54, 1.807) is 0 Å². The maximum Gasteiger partial charge on any atom is 0.226 e. The minimum absolute atomic E-state index is 0. The van der Waals surface area contributed by atoms with E-state index in [0.29, 0.717) is 24.4 Å². The quantitative estimate of drug-likeness (QED) is 0.838. The third-order valence-electron chi connectivity index (χ3n) is 5.12. The van der Waals surface area contributed by atoms with Crippen LogP contribution < -0.4 is 5.73 Å². The number of rotatable bonds is 2. The first-order valence-corrected chi connectivity index (χ1v) is 7.33. The number of nitrogens with zero attached hydrogens (tertiary/aromatic N) is 1. The molecule has 2 aliphatic carbocycles. The van der Waals surface area contributed by atoms with Crippen molar-refractivity contribution < 1.29 is 4.79 Å². The summed E-state index contributed by atoms with van der Waals surface area (Å²) in [6.45, 7) is 1.60. The topological polar surface area (TPSA) is 46.3 Å². The van der Waals surface area contributed by atoms with Crippen molar-refractivity contribution in [2.75, 3.05) is 13.1 Å². The van der Waals surface area contributed by atoms with E-state index >= 15 is 0 Å². The van der Waals surface area contributed by atoms with E-state index in [9.17, 15) is 4.79 Å². The molecular weight excluding hydrogens is 248 g/mol. The second-order valence-corrected chi connectivity index (χ2v) is 6.05. The molecule has 104 valence electrons. The van der Waals surface area contributed by atoms with E-state index in [1.165, 1.54) is 38.5 Å². The number of amides is 1. The second-order valence-electron chi connectivity index (χ2n) is 6.05. The molecule has 3 fully saturated rings. The SMILES string of the molecule is Cl.NCC1CCCCN1C(=O)C1C2CCCCC21. The maximum absolute atomic E-state index is 12.6. The first-order valence-electron chi connectivity index (χ1n) is 7.33. The molecule has 1 saturated heterocycles. The van der Waals surface area contributed by atoms with Gasteiger partial charge in [0.25, 0.3) is 0 Å². The van der Waals surface area contributed by atoms with Crippen molar-refractivity contribution in [3.05, 3.63) is 0 Å². The number of likely N-dealkylation sites (tertiary alicyclic amines) is 1. The van der Waals surface area contributed by atoms with Crippen LogP contribution in [0, 0.1) is 17.8 Å². The number of fused-ring (bicyclic) bond motifs is 1. The van der Waals surface area contributed by atoms with Gasteiger partial charge in [-0.2, -0.15) is 0 Å². The summed E-state index contributed by atoms with van der Waals surface area (Å²) in [6, 6.07) is 0.332. The van der Waals surface area contributed by atoms with Crippen LogP contribution in [0.25, 0.3) is 0 Å². The van der Waals surface area contributed by atoms with Crippen LogP contribution in [0.5, 0.6) is 0 Å². The summed E-state index contributed by atoms with van der Waals surface area (Å²) in [5, 5.41) is 0. The first kappa shape index (κ1) is 14.1. The highest BCUT2D eigenvalue weighted by atomic mass is 35.5. The number of halogens is 1. The summed E-state index contributed by atoms with van der Waals surface area (Å²) >= 11 is 0. The fourth-order valence-electron chi connectivity index (χ4n) is 4.09. The van der Waals surface area contributed by atoms with Gasteiger partial charge >= 0.3 is 0 Å². The predicted octanol–water partition coefficient (Wildman–Crippen LogP) is 2.18. The van der Waals surface area contributed by atoms with Crippen molar-refractivity contribution in [2.24, 2.45) is 23.5 Å². The molecule has 3 rings (SSSR count). The second kappa shape index (κ2) is 5.79. The fraction of sp³-hybridized carbons (Fsp3) is 0.929. The standard InChI is InChI=1S/C14H24N2O.ClH/c15-9-10-5-3-4-8-16(10)14(17)13-11-6-1-2-7-12(11)13;/h10-13H,1-9,15H2;1H. The lowest BCUT2D eigenvalue weighted by Gasteiger charge is -2.35. The van der Waals surface area contributed by atoms with Gasteiger partial charge in [0.1, 0.15) is 0 Å². The van der Waals surface area contributed by atoms with Crippen LogP contribution in [0.2, 0.25) is 0 Å². The van der Waals surface area contributed by atoms with E-state index in [4.69, 9.17) is 5.73 Å². The van der Waals surface area contributed by atoms with Gasteiger partial charge < -0.3 is 10.6 Å². The zero-order valence-electron chi connectivity index (χ0n) is 11.0. The number of carbonyl (C=O) groups excluding carboxylic acids is 1. The lowest BCUT2D eigenvalue weighted by atomic mass is 10.0. The van der Waals surface area contributed by atoms with E-state index in [2.05, 4.69) is 4.90 Å². The molecule has 3 aliphatic rings. The Kier molecular flexibility index (Phi) is 4.54. The molecule has 0 radical (unpaired) electrons. The summed E-state index contributed by atoms with van der Waals surface area (Å²) in [5.41, 5.74) is 5.80. The van der Waals surface area contributed by atoms with Crippen LogP contribution in [0.1, 0.15) is 44.9 Å². The minimum atomic E-state index is 0. The summed E-state index contributed by atoms with van der Waals surface area (Å²) in [5.74, 6) is 2.29. The highest BCUT2D eigenvalue weighted by molar-refractivity contribution is 5.85. The van der Waals surface area contributed by atoms with Crippen LogP contribution >= 0.6 is 12.4 Å². The Morgan fingerprint density at radius 3 is 2.28 bits per heavy atom. The average molecular weight is 273 g/mol. The average Bonchev–Trinajstić information content (AvgIpc) is 3.12. The molecule has 3 unspecified atom stereocenters. The summed E-state index contributed by atoms with van der Waals surface area (Å²) < 4.78 is 0. The van der Waals surface area contributed by atoms with E-state index in [0.717, 1.165) is 24.8 Å². The van der Waals surface area contributed by atoms with Gasteiger partial charge in [-0.15, -0.1) is 12.4 Å². The molecule has 0 bridgehead atoms. The summed E-state index contributed by atoms with van der Waals surface area (Å²) in [4.78, 5) is 14.7. The monoisotopic (exact) mass is 272 g/mol. The molecule has 0 aromatic rings. The molecule has 2 saturated carbocycles. The highest BCUT2D eigenvalue weighted by Gasteiger charge is 2.56. The third-order valence-corrected chi connectivity index (χ3v) is 5.12. The number of hydrogen-bond donors (Lipinski definition) is 1. The molecule has 0 spiro atoms. The molecule has 3 nitrogen and oxygen atoms in total. The third kappa shape index (κ3) is 2.39. The van der Waals surface area contributed by atoms with Crippen molar-refractivity contribution in [1.82, 2.24) is 4.90 Å². The Morgan fingerprint density at radius 1 is 1.06 bits per heavy atom. The smallest absolute Gasteiger partial charge is 0.226 e. The van der Waals surface area contributed by atoms with Crippen LogP contribution in [-0.4, -0.2) is 29.9 Å². The molecule has 1 amide bonds. The lowest BCUT2D eigenvalue weighted by Crippen LogP contribution is -2.48. The summed E-state index contributed by atoms with van der Waals surface area (Å²) in [7, 11) is 0. The minimum Gasteiger partial charge on any atom is -0.338 e. The molecule has 0 aromatic carbocycles. The highest BCUT2D eigenvalue weighted by Crippen LogP contribution is 2.56. The maximum atomic E-state index is 12.6. The Balaban J connectivity index is 0.00000120. The van der Waals surface area contributed by atoms with Crippen molar-refractivity contribution in [3.8, 4) is 0 Å². The largest absolute Gasteiger partial charge is 0.338 e. The van der Waals surface area contributed by atoms with Gasteiger partial charge in [-0.25, -0.2) is 0 Å². The number of carbonyl (C=O) groups is 1. The van der Waals surface area contributed by atoms with Gasteiger partial charge in [0.15, 0.2) is 0 Å². The van der Waals surface area contributed by atoms with Crippen LogP contribution in [-0.2, 0) is 4.79 Å². The Labute approximate surface area is 116 Å². The van der Waals surface area contributed by atoms with Crippen LogP contribution in [0.15, 0.2) is 0 Å². The van der Waals surface area contributed by atoms with Crippen molar-refractivity contribution >= 4 is 18.3 Å². The summed E-state index contributed by atoms with van der Waals surface area (Å²) in [6.07, 6.45) is 8.79. The van der Waals surface area contributed by atoms with Gasteiger partial charge in [-0.05, 0) is 43.9 Å². The van der Waals surface area contributed by atoms with Crippen molar-refractivity contribution in [1.29, 1.82) is 0 Å².